The minimum absolute atomic E-state index is 0.0765. The fourth-order valence-corrected chi connectivity index (χ4v) is 6.31. The first kappa shape index (κ1) is 26.7. The molecule has 2 aromatic rings. The van der Waals surface area contributed by atoms with Crippen LogP contribution in [0.15, 0.2) is 34.8 Å². The summed E-state index contributed by atoms with van der Waals surface area (Å²) in [5.74, 6) is -1.16. The summed E-state index contributed by atoms with van der Waals surface area (Å²) >= 11 is 1.29. The number of amides is 2. The monoisotopic (exact) mass is 544 g/mol. The fraction of sp³-hybridized carbons (Fsp3) is 0.522. The van der Waals surface area contributed by atoms with E-state index in [1.807, 2.05) is 0 Å². The Morgan fingerprint density at radius 3 is 2.58 bits per heavy atom. The number of nitrogens with zero attached hydrogens (tertiary/aromatic N) is 2. The van der Waals surface area contributed by atoms with E-state index < -0.39 is 40.0 Å². The zero-order chi connectivity index (χ0) is 26.1. The van der Waals surface area contributed by atoms with Gasteiger partial charge in [-0.05, 0) is 43.9 Å². The Labute approximate surface area is 212 Å². The molecule has 1 unspecified atom stereocenters. The summed E-state index contributed by atoms with van der Waals surface area (Å²) < 4.78 is 50.6. The molecule has 1 aromatic heterocycles. The zero-order valence-corrected chi connectivity index (χ0v) is 21.1. The van der Waals surface area contributed by atoms with Gasteiger partial charge in [0, 0.05) is 37.1 Å². The van der Waals surface area contributed by atoms with Crippen molar-refractivity contribution >= 4 is 34.0 Å². The second-order valence-electron chi connectivity index (χ2n) is 9.19. The van der Waals surface area contributed by atoms with Crippen molar-refractivity contribution in [3.8, 4) is 0 Å². The Bertz CT molecular complexity index is 1140. The van der Waals surface area contributed by atoms with Crippen LogP contribution in [0.5, 0.6) is 0 Å². The van der Waals surface area contributed by atoms with Crippen LogP contribution < -0.4 is 10.6 Å². The lowest BCUT2D eigenvalue weighted by Gasteiger charge is -2.48. The van der Waals surface area contributed by atoms with Crippen LogP contribution in [0, 0.1) is 0 Å². The maximum absolute atomic E-state index is 12.8. The molecular formula is C23H27F3N4O4S2. The van der Waals surface area contributed by atoms with Gasteiger partial charge in [0.05, 0.1) is 33.8 Å². The molecule has 0 radical (unpaired) electrons. The molecule has 2 amide bonds. The third kappa shape index (κ3) is 6.13. The molecular weight excluding hydrogens is 517 g/mol. The first-order valence-electron chi connectivity index (χ1n) is 11.5. The number of carbonyl (C=O) groups excluding carboxylic acids is 2. The molecule has 3 N–H and O–H groups in total. The summed E-state index contributed by atoms with van der Waals surface area (Å²) in [5, 5.41) is 16.2. The van der Waals surface area contributed by atoms with Gasteiger partial charge in [-0.1, -0.05) is 6.07 Å². The molecule has 2 aliphatic rings. The maximum atomic E-state index is 12.8. The van der Waals surface area contributed by atoms with E-state index in [1.54, 1.807) is 12.5 Å². The molecule has 1 saturated heterocycles. The number of halogens is 3. The van der Waals surface area contributed by atoms with Crippen LogP contribution in [-0.2, 0) is 27.4 Å². The average molecular weight is 545 g/mol. The summed E-state index contributed by atoms with van der Waals surface area (Å²) in [6, 6.07) is 4.24. The Kier molecular flexibility index (Phi) is 7.83. The third-order valence-corrected chi connectivity index (χ3v) is 9.16. The summed E-state index contributed by atoms with van der Waals surface area (Å²) in [6.45, 7) is 0.966. The summed E-state index contributed by atoms with van der Waals surface area (Å²) in [5.41, 5.74) is -2.05. The van der Waals surface area contributed by atoms with Gasteiger partial charge in [-0.15, -0.1) is 11.3 Å². The van der Waals surface area contributed by atoms with Crippen LogP contribution in [0.1, 0.15) is 46.5 Å². The van der Waals surface area contributed by atoms with Crippen molar-refractivity contribution in [2.24, 2.45) is 0 Å². The van der Waals surface area contributed by atoms with Gasteiger partial charge in [0.25, 0.3) is 5.91 Å². The number of likely N-dealkylation sites (tertiary alicyclic amines) is 1. The van der Waals surface area contributed by atoms with Gasteiger partial charge in [-0.3, -0.25) is 18.7 Å². The standard InChI is InChI=1S/C23H27F3N4O4S2/c1-36(34)21-28-10-18(35-21)22(33)7-5-17(6-8-22)30-12-16(13-30)29-19(31)11-27-20(32)14-3-2-4-15(9-14)23(24,25)26/h2-4,9-10,16-17,33H,5-8,11-13H2,1H3,(H,27,32)(H,29,31). The first-order valence-corrected chi connectivity index (χ1v) is 13.8. The van der Waals surface area contributed by atoms with Crippen LogP contribution >= 0.6 is 11.3 Å². The number of alkyl halides is 3. The molecule has 1 aliphatic carbocycles. The van der Waals surface area contributed by atoms with Gasteiger partial charge in [0.1, 0.15) is 5.60 Å². The average Bonchev–Trinajstić information content (AvgIpc) is 3.32. The number of hydrogen-bond donors (Lipinski definition) is 3. The molecule has 36 heavy (non-hydrogen) atoms. The first-order chi connectivity index (χ1) is 16.9. The Balaban J connectivity index is 1.18. The molecule has 0 spiro atoms. The van der Waals surface area contributed by atoms with Gasteiger partial charge in [0.2, 0.25) is 5.91 Å². The quantitative estimate of drug-likeness (QED) is 0.493. The van der Waals surface area contributed by atoms with E-state index in [4.69, 9.17) is 0 Å². The molecule has 2 heterocycles. The molecule has 196 valence electrons. The van der Waals surface area contributed by atoms with E-state index in [2.05, 4.69) is 20.5 Å². The smallest absolute Gasteiger partial charge is 0.384 e. The highest BCUT2D eigenvalue weighted by molar-refractivity contribution is 7.86. The van der Waals surface area contributed by atoms with Gasteiger partial charge < -0.3 is 15.7 Å². The van der Waals surface area contributed by atoms with E-state index in [1.165, 1.54) is 17.4 Å². The molecule has 1 saturated carbocycles. The molecule has 1 atom stereocenters. The lowest BCUT2D eigenvalue weighted by atomic mass is 9.80. The molecule has 1 aliphatic heterocycles. The summed E-state index contributed by atoms with van der Waals surface area (Å²) in [7, 11) is -1.18. The Morgan fingerprint density at radius 2 is 1.97 bits per heavy atom. The van der Waals surface area contributed by atoms with Crippen molar-refractivity contribution in [3.63, 3.8) is 0 Å². The largest absolute Gasteiger partial charge is 0.416 e. The van der Waals surface area contributed by atoms with Crippen molar-refractivity contribution in [2.75, 3.05) is 25.9 Å². The molecule has 0 bridgehead atoms. The topological polar surface area (TPSA) is 112 Å². The lowest BCUT2D eigenvalue weighted by Crippen LogP contribution is -2.63. The number of nitrogens with one attached hydrogen (secondary N) is 2. The van der Waals surface area contributed by atoms with Crippen molar-refractivity contribution in [1.82, 2.24) is 20.5 Å². The van der Waals surface area contributed by atoms with Crippen LogP contribution in [-0.4, -0.2) is 69.0 Å². The van der Waals surface area contributed by atoms with Crippen LogP contribution in [0.2, 0.25) is 0 Å². The van der Waals surface area contributed by atoms with E-state index in [9.17, 15) is 32.1 Å². The van der Waals surface area contributed by atoms with Gasteiger partial charge in [0.15, 0.2) is 4.34 Å². The normalized spacial score (nSPS) is 24.1. The van der Waals surface area contributed by atoms with Crippen molar-refractivity contribution in [1.29, 1.82) is 0 Å². The SMILES string of the molecule is CS(=O)c1ncc(C2(O)CCC(N3CC(NC(=O)CNC(=O)c4cccc(C(F)(F)F)c4)C3)CC2)s1. The highest BCUT2D eigenvalue weighted by Gasteiger charge is 2.41. The zero-order valence-electron chi connectivity index (χ0n) is 19.5. The second kappa shape index (κ2) is 10.6. The molecule has 8 nitrogen and oxygen atoms in total. The highest BCUT2D eigenvalue weighted by atomic mass is 32.2. The molecule has 13 heteroatoms. The number of rotatable bonds is 7. The highest BCUT2D eigenvalue weighted by Crippen LogP contribution is 2.41. The summed E-state index contributed by atoms with van der Waals surface area (Å²) in [4.78, 5) is 31.5. The van der Waals surface area contributed by atoms with Gasteiger partial charge in [-0.25, -0.2) is 4.98 Å². The number of aliphatic hydroxyl groups is 1. The number of thiazole rings is 1. The second-order valence-corrected chi connectivity index (χ2v) is 11.8. The van der Waals surface area contributed by atoms with Crippen molar-refractivity contribution < 1.29 is 32.1 Å². The fourth-order valence-electron chi connectivity index (χ4n) is 4.58. The molecule has 2 fully saturated rings. The Hall–Kier alpha value is -2.35. The van der Waals surface area contributed by atoms with E-state index >= 15 is 0 Å². The van der Waals surface area contributed by atoms with E-state index in [0.29, 0.717) is 30.3 Å². The maximum Gasteiger partial charge on any atom is 0.416 e. The van der Waals surface area contributed by atoms with Crippen LogP contribution in [0.4, 0.5) is 13.2 Å². The minimum atomic E-state index is -4.55. The van der Waals surface area contributed by atoms with E-state index in [0.717, 1.165) is 35.9 Å². The minimum Gasteiger partial charge on any atom is -0.384 e. The predicted octanol–water partition coefficient (Wildman–Crippen LogP) is 2.26. The Morgan fingerprint density at radius 1 is 1.28 bits per heavy atom. The van der Waals surface area contributed by atoms with Crippen LogP contribution in [0.25, 0.3) is 0 Å². The van der Waals surface area contributed by atoms with Crippen LogP contribution in [0.3, 0.4) is 0 Å². The molecule has 1 aromatic carbocycles. The van der Waals surface area contributed by atoms with E-state index in [-0.39, 0.29) is 24.2 Å². The number of hydrogen-bond acceptors (Lipinski definition) is 7. The van der Waals surface area contributed by atoms with Crippen molar-refractivity contribution in [2.45, 2.75) is 53.9 Å². The van der Waals surface area contributed by atoms with Crippen molar-refractivity contribution in [3.05, 3.63) is 46.5 Å². The predicted molar refractivity (Wildman–Crippen MR) is 128 cm³/mol. The number of carbonyl (C=O) groups is 2. The lowest BCUT2D eigenvalue weighted by molar-refractivity contribution is -0.137. The third-order valence-electron chi connectivity index (χ3n) is 6.62. The summed E-state index contributed by atoms with van der Waals surface area (Å²) in [6.07, 6.45) is 1.34. The van der Waals surface area contributed by atoms with Gasteiger partial charge in [-0.2, -0.15) is 13.2 Å². The number of benzene rings is 1. The number of aromatic nitrogens is 1. The van der Waals surface area contributed by atoms with Gasteiger partial charge >= 0.3 is 6.18 Å². The molecule has 4 rings (SSSR count).